The molecule has 0 unspecified atom stereocenters. The maximum Gasteiger partial charge on any atom is 0.253 e. The van der Waals surface area contributed by atoms with E-state index in [0.717, 1.165) is 38.4 Å². The third kappa shape index (κ3) is 3.22. The minimum atomic E-state index is -0.0981. The number of carbonyl (C=O) groups excluding carboxylic acids is 1. The van der Waals surface area contributed by atoms with Gasteiger partial charge in [0.05, 0.1) is 5.56 Å². The molecule has 0 aromatic heterocycles. The van der Waals surface area contributed by atoms with Crippen LogP contribution in [0.25, 0.3) is 0 Å². The number of amides is 1. The topological polar surface area (TPSA) is 61.6 Å². The van der Waals surface area contributed by atoms with E-state index in [1.807, 2.05) is 25.1 Å². The SMILES string of the molecule is CCNC(=O)c1cc(N2CCN(CC)CC2)ccc1N. The average Bonchev–Trinajstić information content (AvgIpc) is 2.48. The summed E-state index contributed by atoms with van der Waals surface area (Å²) in [6.45, 7) is 9.92. The van der Waals surface area contributed by atoms with E-state index < -0.39 is 0 Å². The number of nitrogen functional groups attached to an aromatic ring is 1. The van der Waals surface area contributed by atoms with Crippen LogP contribution in [-0.2, 0) is 0 Å². The van der Waals surface area contributed by atoms with Crippen LogP contribution in [0.4, 0.5) is 11.4 Å². The molecule has 1 aliphatic rings. The number of hydrogen-bond donors (Lipinski definition) is 2. The average molecular weight is 276 g/mol. The molecule has 5 nitrogen and oxygen atoms in total. The van der Waals surface area contributed by atoms with Crippen molar-refractivity contribution in [2.75, 3.05) is 49.9 Å². The molecule has 5 heteroatoms. The molecular weight excluding hydrogens is 252 g/mol. The molecule has 0 spiro atoms. The third-order valence-electron chi connectivity index (χ3n) is 3.80. The predicted octanol–water partition coefficient (Wildman–Crippen LogP) is 1.16. The molecule has 1 aromatic carbocycles. The summed E-state index contributed by atoms with van der Waals surface area (Å²) in [5.74, 6) is -0.0981. The highest BCUT2D eigenvalue weighted by Gasteiger charge is 2.18. The lowest BCUT2D eigenvalue weighted by atomic mass is 10.1. The van der Waals surface area contributed by atoms with E-state index in [2.05, 4.69) is 22.0 Å². The van der Waals surface area contributed by atoms with Crippen molar-refractivity contribution in [3.05, 3.63) is 23.8 Å². The Morgan fingerprint density at radius 2 is 1.95 bits per heavy atom. The summed E-state index contributed by atoms with van der Waals surface area (Å²) in [4.78, 5) is 16.7. The Labute approximate surface area is 120 Å². The monoisotopic (exact) mass is 276 g/mol. The lowest BCUT2D eigenvalue weighted by Gasteiger charge is -2.35. The fourth-order valence-electron chi connectivity index (χ4n) is 2.52. The van der Waals surface area contributed by atoms with Crippen LogP contribution in [0.1, 0.15) is 24.2 Å². The van der Waals surface area contributed by atoms with Crippen molar-refractivity contribution in [2.24, 2.45) is 0 Å². The Bertz CT molecular complexity index is 467. The number of nitrogens with zero attached hydrogens (tertiary/aromatic N) is 2. The molecule has 1 amide bonds. The summed E-state index contributed by atoms with van der Waals surface area (Å²) >= 11 is 0. The summed E-state index contributed by atoms with van der Waals surface area (Å²) in [6.07, 6.45) is 0. The molecule has 2 rings (SSSR count). The van der Waals surface area contributed by atoms with Crippen LogP contribution >= 0.6 is 0 Å². The van der Waals surface area contributed by atoms with Crippen LogP contribution in [-0.4, -0.2) is 50.1 Å². The van der Waals surface area contributed by atoms with Gasteiger partial charge in [0.25, 0.3) is 5.91 Å². The number of nitrogens with two attached hydrogens (primary N) is 1. The Morgan fingerprint density at radius 1 is 1.25 bits per heavy atom. The largest absolute Gasteiger partial charge is 0.398 e. The van der Waals surface area contributed by atoms with Crippen molar-refractivity contribution >= 4 is 17.3 Å². The maximum atomic E-state index is 12.0. The number of rotatable bonds is 4. The number of piperazine rings is 1. The predicted molar refractivity (Wildman–Crippen MR) is 83.2 cm³/mol. The Hall–Kier alpha value is -1.75. The second kappa shape index (κ2) is 6.61. The van der Waals surface area contributed by atoms with Gasteiger partial charge in [-0.25, -0.2) is 0 Å². The van der Waals surface area contributed by atoms with Crippen LogP contribution in [0.15, 0.2) is 18.2 Å². The number of benzene rings is 1. The molecular formula is C15H24N4O. The summed E-state index contributed by atoms with van der Waals surface area (Å²) in [5.41, 5.74) is 8.09. The summed E-state index contributed by atoms with van der Waals surface area (Å²) in [6, 6.07) is 5.73. The summed E-state index contributed by atoms with van der Waals surface area (Å²) in [7, 11) is 0. The van der Waals surface area contributed by atoms with Gasteiger partial charge in [0.2, 0.25) is 0 Å². The summed E-state index contributed by atoms with van der Waals surface area (Å²) < 4.78 is 0. The van der Waals surface area contributed by atoms with Crippen molar-refractivity contribution in [3.63, 3.8) is 0 Å². The standard InChI is InChI=1S/C15H24N4O/c1-3-17-15(20)13-11-12(5-6-14(13)16)19-9-7-18(4-2)8-10-19/h5-6,11H,3-4,7-10,16H2,1-2H3,(H,17,20). The molecule has 1 aliphatic heterocycles. The number of nitrogens with one attached hydrogen (secondary N) is 1. The molecule has 1 saturated heterocycles. The minimum Gasteiger partial charge on any atom is -0.398 e. The zero-order valence-electron chi connectivity index (χ0n) is 12.4. The number of hydrogen-bond acceptors (Lipinski definition) is 4. The lowest BCUT2D eigenvalue weighted by Crippen LogP contribution is -2.46. The highest BCUT2D eigenvalue weighted by Crippen LogP contribution is 2.22. The second-order valence-corrected chi connectivity index (χ2v) is 5.05. The van der Waals surface area contributed by atoms with E-state index in [1.54, 1.807) is 0 Å². The normalized spacial score (nSPS) is 16.2. The van der Waals surface area contributed by atoms with E-state index in [9.17, 15) is 4.79 Å². The van der Waals surface area contributed by atoms with Crippen molar-refractivity contribution in [2.45, 2.75) is 13.8 Å². The van der Waals surface area contributed by atoms with Crippen LogP contribution < -0.4 is 16.0 Å². The molecule has 0 radical (unpaired) electrons. The van der Waals surface area contributed by atoms with Gasteiger partial charge >= 0.3 is 0 Å². The van der Waals surface area contributed by atoms with Crippen LogP contribution in [0, 0.1) is 0 Å². The van der Waals surface area contributed by atoms with Gasteiger partial charge in [0.1, 0.15) is 0 Å². The van der Waals surface area contributed by atoms with Crippen LogP contribution in [0.5, 0.6) is 0 Å². The van der Waals surface area contributed by atoms with Crippen LogP contribution in [0.3, 0.4) is 0 Å². The van der Waals surface area contributed by atoms with Crippen molar-refractivity contribution in [1.82, 2.24) is 10.2 Å². The van der Waals surface area contributed by atoms with E-state index >= 15 is 0 Å². The van der Waals surface area contributed by atoms with Gasteiger partial charge in [-0.2, -0.15) is 0 Å². The van der Waals surface area contributed by atoms with Crippen molar-refractivity contribution < 1.29 is 4.79 Å². The van der Waals surface area contributed by atoms with Gasteiger partial charge in [-0.1, -0.05) is 6.92 Å². The molecule has 1 heterocycles. The molecule has 1 fully saturated rings. The maximum absolute atomic E-state index is 12.0. The highest BCUT2D eigenvalue weighted by molar-refractivity contribution is 6.00. The van der Waals surface area contributed by atoms with Crippen LogP contribution in [0.2, 0.25) is 0 Å². The van der Waals surface area contributed by atoms with E-state index in [4.69, 9.17) is 5.73 Å². The molecule has 0 saturated carbocycles. The van der Waals surface area contributed by atoms with Crippen molar-refractivity contribution in [1.29, 1.82) is 0 Å². The lowest BCUT2D eigenvalue weighted by molar-refractivity contribution is 0.0956. The van der Waals surface area contributed by atoms with Gasteiger partial charge < -0.3 is 20.9 Å². The van der Waals surface area contributed by atoms with Gasteiger partial charge in [0.15, 0.2) is 0 Å². The molecule has 110 valence electrons. The first-order valence-electron chi connectivity index (χ1n) is 7.30. The fourth-order valence-corrected chi connectivity index (χ4v) is 2.52. The first kappa shape index (κ1) is 14.7. The molecule has 20 heavy (non-hydrogen) atoms. The van der Waals surface area contributed by atoms with Gasteiger partial charge in [-0.3, -0.25) is 4.79 Å². The number of anilines is 2. The second-order valence-electron chi connectivity index (χ2n) is 5.05. The molecule has 0 atom stereocenters. The van der Waals surface area contributed by atoms with Crippen molar-refractivity contribution in [3.8, 4) is 0 Å². The molecule has 1 aromatic rings. The highest BCUT2D eigenvalue weighted by atomic mass is 16.1. The molecule has 0 bridgehead atoms. The molecule has 0 aliphatic carbocycles. The van der Waals surface area contributed by atoms with E-state index in [1.165, 1.54) is 0 Å². The number of carbonyl (C=O) groups is 1. The first-order valence-corrected chi connectivity index (χ1v) is 7.30. The zero-order chi connectivity index (χ0) is 14.5. The van der Waals surface area contributed by atoms with Gasteiger partial charge in [-0.15, -0.1) is 0 Å². The first-order chi connectivity index (χ1) is 9.65. The van der Waals surface area contributed by atoms with E-state index in [-0.39, 0.29) is 5.91 Å². The summed E-state index contributed by atoms with van der Waals surface area (Å²) in [5, 5.41) is 2.80. The molecule has 3 N–H and O–H groups in total. The Balaban J connectivity index is 2.13. The minimum absolute atomic E-state index is 0.0981. The van der Waals surface area contributed by atoms with Gasteiger partial charge in [-0.05, 0) is 31.7 Å². The number of likely N-dealkylation sites (N-methyl/N-ethyl adjacent to an activating group) is 1. The van der Waals surface area contributed by atoms with E-state index in [0.29, 0.717) is 17.8 Å². The van der Waals surface area contributed by atoms with Gasteiger partial charge in [0, 0.05) is 44.1 Å². The third-order valence-corrected chi connectivity index (χ3v) is 3.80. The quantitative estimate of drug-likeness (QED) is 0.810. The Kier molecular flexibility index (Phi) is 4.84. The fraction of sp³-hybridized carbons (Fsp3) is 0.533. The smallest absolute Gasteiger partial charge is 0.253 e. The zero-order valence-corrected chi connectivity index (χ0v) is 12.4. The Morgan fingerprint density at radius 3 is 2.55 bits per heavy atom.